The fourth-order valence-electron chi connectivity index (χ4n) is 3.66. The highest BCUT2D eigenvalue weighted by Crippen LogP contribution is 2.32. The highest BCUT2D eigenvalue weighted by Gasteiger charge is 2.48. The molecule has 0 bridgehead atoms. The van der Waals surface area contributed by atoms with Gasteiger partial charge >= 0.3 is 0 Å². The van der Waals surface area contributed by atoms with Gasteiger partial charge in [0.25, 0.3) is 0 Å². The zero-order valence-electron chi connectivity index (χ0n) is 18.5. The molecule has 192 valence electrons. The highest BCUT2D eigenvalue weighted by molar-refractivity contribution is 5.94. The maximum atomic E-state index is 11.6. The van der Waals surface area contributed by atoms with Gasteiger partial charge in [0, 0.05) is 5.56 Å². The molecule has 0 saturated carbocycles. The predicted molar refractivity (Wildman–Crippen MR) is 110 cm³/mol. The molecule has 13 heteroatoms. The second kappa shape index (κ2) is 11.2. The number of aliphatic hydroxyl groups excluding tert-OH is 7. The fraction of sp³-hybridized carbons (Fsp3) is 0.667. The number of benzene rings is 1. The lowest BCUT2D eigenvalue weighted by Gasteiger charge is -2.42. The molecule has 2 fully saturated rings. The Labute approximate surface area is 194 Å². The molecular weight excluding hydrogens is 460 g/mol. The average Bonchev–Trinajstić information content (AvgIpc) is 2.83. The molecular formula is C21H30O13. The molecule has 3 rings (SSSR count). The van der Waals surface area contributed by atoms with Crippen LogP contribution in [0.3, 0.4) is 0 Å². The molecule has 1 aromatic carbocycles. The molecule has 0 aliphatic carbocycles. The third-order valence-corrected chi connectivity index (χ3v) is 5.75. The molecule has 0 amide bonds. The second-order valence-corrected chi connectivity index (χ2v) is 8.08. The number of rotatable bonds is 8. The molecule has 13 nitrogen and oxygen atoms in total. The number of Topliss-reactive ketones (excluding diaryl/α,β-unsaturated/α-hetero) is 1. The molecule has 2 aliphatic heterocycles. The van der Waals surface area contributed by atoms with E-state index in [9.17, 15) is 40.5 Å². The Kier molecular flexibility index (Phi) is 8.81. The summed E-state index contributed by atoms with van der Waals surface area (Å²) in [6.07, 6.45) is -15.4. The van der Waals surface area contributed by atoms with Crippen LogP contribution in [0.2, 0.25) is 0 Å². The van der Waals surface area contributed by atoms with Crippen LogP contribution in [-0.2, 0) is 14.2 Å². The van der Waals surface area contributed by atoms with E-state index < -0.39 is 74.6 Å². The quantitative estimate of drug-likeness (QED) is 0.181. The summed E-state index contributed by atoms with van der Waals surface area (Å²) < 4.78 is 27.0. The van der Waals surface area contributed by atoms with E-state index in [2.05, 4.69) is 0 Å². The number of hydrogen-bond acceptors (Lipinski definition) is 13. The van der Waals surface area contributed by atoms with E-state index in [0.29, 0.717) is 5.56 Å². The molecule has 34 heavy (non-hydrogen) atoms. The van der Waals surface area contributed by atoms with Crippen molar-refractivity contribution in [3.63, 3.8) is 0 Å². The maximum Gasteiger partial charge on any atom is 0.229 e. The van der Waals surface area contributed by atoms with Crippen molar-refractivity contribution in [3.05, 3.63) is 23.8 Å². The zero-order valence-corrected chi connectivity index (χ0v) is 18.5. The van der Waals surface area contributed by atoms with Crippen LogP contribution in [-0.4, -0.2) is 123 Å². The topological polar surface area (TPSA) is 205 Å². The summed E-state index contributed by atoms with van der Waals surface area (Å²) in [4.78, 5) is 11.6. The highest BCUT2D eigenvalue weighted by atomic mass is 16.7. The average molecular weight is 490 g/mol. The number of ketones is 1. The minimum Gasteiger partial charge on any atom is -0.493 e. The van der Waals surface area contributed by atoms with Crippen molar-refractivity contribution in [1.82, 2.24) is 0 Å². The third-order valence-electron chi connectivity index (χ3n) is 5.75. The molecule has 0 unspecified atom stereocenters. The Morgan fingerprint density at radius 2 is 1.44 bits per heavy atom. The van der Waals surface area contributed by atoms with Gasteiger partial charge in [-0.1, -0.05) is 0 Å². The lowest BCUT2D eigenvalue weighted by atomic mass is 9.98. The Morgan fingerprint density at radius 3 is 2.03 bits per heavy atom. The van der Waals surface area contributed by atoms with Gasteiger partial charge in [0.1, 0.15) is 48.8 Å². The summed E-state index contributed by atoms with van der Waals surface area (Å²) in [5.41, 5.74) is 0.357. The van der Waals surface area contributed by atoms with Crippen molar-refractivity contribution >= 4 is 5.78 Å². The van der Waals surface area contributed by atoms with E-state index in [1.54, 1.807) is 0 Å². The van der Waals surface area contributed by atoms with Crippen LogP contribution in [0.5, 0.6) is 11.5 Å². The van der Waals surface area contributed by atoms with Crippen LogP contribution in [0.25, 0.3) is 0 Å². The van der Waals surface area contributed by atoms with Crippen molar-refractivity contribution < 1.29 is 64.2 Å². The summed E-state index contributed by atoms with van der Waals surface area (Å²) >= 11 is 0. The van der Waals surface area contributed by atoms with E-state index in [-0.39, 0.29) is 17.3 Å². The van der Waals surface area contributed by atoms with Crippen LogP contribution in [0.4, 0.5) is 0 Å². The van der Waals surface area contributed by atoms with Crippen molar-refractivity contribution in [3.8, 4) is 11.5 Å². The summed E-state index contributed by atoms with van der Waals surface area (Å²) in [5, 5.41) is 70.0. The van der Waals surface area contributed by atoms with E-state index in [0.717, 1.165) is 0 Å². The number of aliphatic hydroxyl groups is 7. The minimum atomic E-state index is -1.70. The summed E-state index contributed by atoms with van der Waals surface area (Å²) in [7, 11) is 1.35. The normalized spacial score (nSPS) is 38.4. The van der Waals surface area contributed by atoms with Gasteiger partial charge in [0.2, 0.25) is 6.29 Å². The minimum absolute atomic E-state index is 0.0914. The van der Waals surface area contributed by atoms with Gasteiger partial charge < -0.3 is 59.4 Å². The van der Waals surface area contributed by atoms with E-state index in [1.807, 2.05) is 0 Å². The molecule has 0 aromatic heterocycles. The molecule has 2 aliphatic rings. The van der Waals surface area contributed by atoms with Crippen molar-refractivity contribution in [2.24, 2.45) is 0 Å². The van der Waals surface area contributed by atoms with Crippen LogP contribution in [0, 0.1) is 0 Å². The molecule has 2 saturated heterocycles. The number of ether oxygens (including phenoxy) is 5. The maximum absolute atomic E-state index is 11.6. The van der Waals surface area contributed by atoms with Gasteiger partial charge in [-0.05, 0) is 25.1 Å². The lowest BCUT2D eigenvalue weighted by molar-refractivity contribution is -0.323. The Balaban J connectivity index is 1.70. The van der Waals surface area contributed by atoms with Gasteiger partial charge in [-0.2, -0.15) is 0 Å². The van der Waals surface area contributed by atoms with Gasteiger partial charge in [-0.3, -0.25) is 4.79 Å². The molecule has 7 N–H and O–H groups in total. The van der Waals surface area contributed by atoms with Crippen LogP contribution in [0.1, 0.15) is 17.3 Å². The predicted octanol–water partition coefficient (Wildman–Crippen LogP) is -3.10. The van der Waals surface area contributed by atoms with Gasteiger partial charge in [-0.25, -0.2) is 0 Å². The van der Waals surface area contributed by atoms with Crippen LogP contribution < -0.4 is 9.47 Å². The molecule has 0 spiro atoms. The Morgan fingerprint density at radius 1 is 0.853 bits per heavy atom. The monoisotopic (exact) mass is 490 g/mol. The molecule has 2 heterocycles. The molecule has 1 aromatic rings. The first-order chi connectivity index (χ1) is 16.1. The Bertz CT molecular complexity index is 833. The van der Waals surface area contributed by atoms with Crippen LogP contribution in [0.15, 0.2) is 18.2 Å². The van der Waals surface area contributed by atoms with E-state index in [1.165, 1.54) is 32.2 Å². The smallest absolute Gasteiger partial charge is 0.229 e. The lowest BCUT2D eigenvalue weighted by Crippen LogP contribution is -2.62. The van der Waals surface area contributed by atoms with Gasteiger partial charge in [-0.15, -0.1) is 0 Å². The number of carbonyl (C=O) groups excluding carboxylic acids is 1. The first-order valence-corrected chi connectivity index (χ1v) is 10.6. The molecule has 0 radical (unpaired) electrons. The van der Waals surface area contributed by atoms with E-state index >= 15 is 0 Å². The number of hydrogen-bond donors (Lipinski definition) is 7. The number of methoxy groups -OCH3 is 1. The summed E-state index contributed by atoms with van der Waals surface area (Å²) in [6.45, 7) is 0.230. The van der Waals surface area contributed by atoms with Crippen molar-refractivity contribution in [2.75, 3.05) is 20.3 Å². The van der Waals surface area contributed by atoms with E-state index in [4.69, 9.17) is 23.7 Å². The summed E-state index contributed by atoms with van der Waals surface area (Å²) in [6, 6.07) is 4.32. The zero-order chi connectivity index (χ0) is 25.2. The molecule has 10 atom stereocenters. The Hall–Kier alpha value is -1.91. The first-order valence-electron chi connectivity index (χ1n) is 10.6. The van der Waals surface area contributed by atoms with Gasteiger partial charge in [0.05, 0.1) is 20.3 Å². The summed E-state index contributed by atoms with van der Waals surface area (Å²) in [5.74, 6) is 0.0507. The fourth-order valence-corrected chi connectivity index (χ4v) is 3.66. The van der Waals surface area contributed by atoms with Crippen LogP contribution >= 0.6 is 0 Å². The standard InChI is InChI=1S/C21H30O13/c1-8(23)9-3-4-10(11(5-9)30-2)32-21-19(29)17(27)15(25)13(34-21)7-31-20-18(28)16(26)14(24)12(6-22)33-20/h3-5,12-22,24-29H,6-7H2,1-2H3/t12-,13-,14-,15-,16-,17-,18-,19-,20-,21-/m1/s1. The van der Waals surface area contributed by atoms with Crippen molar-refractivity contribution in [2.45, 2.75) is 68.3 Å². The SMILES string of the molecule is COc1cc(C(C)=O)ccc1O[C@@H]1O[C@H](CO[C@@H]2O[C@H](CO)[C@@H](O)[C@@H](O)[C@H]2O)[C@@H](O)[C@@H](O)[C@H]1O. The van der Waals surface area contributed by atoms with Gasteiger partial charge in [0.15, 0.2) is 23.6 Å². The first kappa shape index (κ1) is 26.7. The van der Waals surface area contributed by atoms with Crippen molar-refractivity contribution in [1.29, 1.82) is 0 Å². The second-order valence-electron chi connectivity index (χ2n) is 8.08. The third kappa shape index (κ3) is 5.49. The number of carbonyl (C=O) groups is 1. The largest absolute Gasteiger partial charge is 0.493 e.